The first kappa shape index (κ1) is 24.9. The molecule has 0 bridgehead atoms. The molecule has 150 valence electrons. The quantitative estimate of drug-likeness (QED) is 0.624. The predicted octanol–water partition coefficient (Wildman–Crippen LogP) is 0.626. The second-order valence-corrected chi connectivity index (χ2v) is 7.90. The average molecular weight is 427 g/mol. The van der Waals surface area contributed by atoms with E-state index in [2.05, 4.69) is 21.6 Å². The lowest BCUT2D eigenvalue weighted by molar-refractivity contribution is -0.118. The first-order valence-corrected chi connectivity index (χ1v) is 9.74. The first-order chi connectivity index (χ1) is 11.4. The molecule has 1 heterocycles. The van der Waals surface area contributed by atoms with Crippen molar-refractivity contribution in [3.05, 3.63) is 29.8 Å². The number of nitrogens with one attached hydrogen (secondary N) is 2. The molecule has 7 nitrogen and oxygen atoms in total. The number of sulfonamides is 1. The molecule has 0 unspecified atom stereocenters. The number of rotatable bonds is 7. The van der Waals surface area contributed by atoms with Crippen LogP contribution in [0.25, 0.3) is 0 Å². The minimum absolute atomic E-state index is 0. The number of nitrogens with zero attached hydrogens (tertiary/aromatic N) is 2. The van der Waals surface area contributed by atoms with Crippen molar-refractivity contribution in [1.29, 1.82) is 0 Å². The highest BCUT2D eigenvalue weighted by Crippen LogP contribution is 2.18. The monoisotopic (exact) mass is 426 g/mol. The van der Waals surface area contributed by atoms with Crippen molar-refractivity contribution in [2.75, 3.05) is 57.0 Å². The highest BCUT2D eigenvalue weighted by atomic mass is 35.5. The maximum Gasteiger partial charge on any atom is 0.236 e. The van der Waals surface area contributed by atoms with E-state index in [9.17, 15) is 13.2 Å². The molecule has 0 atom stereocenters. The molecule has 1 amide bonds. The van der Waals surface area contributed by atoms with Gasteiger partial charge in [0.2, 0.25) is 15.9 Å². The van der Waals surface area contributed by atoms with Gasteiger partial charge in [-0.3, -0.25) is 4.79 Å². The summed E-state index contributed by atoms with van der Waals surface area (Å²) in [6.45, 7) is 5.14. The molecule has 1 aromatic rings. The average Bonchev–Trinajstić information content (AvgIpc) is 2.55. The Morgan fingerprint density at radius 3 is 2.35 bits per heavy atom. The molecule has 2 rings (SSSR count). The number of benzene rings is 1. The molecule has 26 heavy (non-hydrogen) atoms. The summed E-state index contributed by atoms with van der Waals surface area (Å²) in [6.07, 6.45) is 0. The maximum absolute atomic E-state index is 12.4. The Kier molecular flexibility index (Phi) is 11.1. The Morgan fingerprint density at radius 1 is 1.12 bits per heavy atom. The van der Waals surface area contributed by atoms with Crippen LogP contribution in [0, 0.1) is 6.92 Å². The van der Waals surface area contributed by atoms with Crippen molar-refractivity contribution >= 4 is 46.4 Å². The fourth-order valence-electron chi connectivity index (χ4n) is 2.68. The number of carbonyl (C=O) groups is 1. The zero-order valence-corrected chi connectivity index (χ0v) is 17.6. The second-order valence-electron chi connectivity index (χ2n) is 5.93. The van der Waals surface area contributed by atoms with Gasteiger partial charge < -0.3 is 15.5 Å². The number of amides is 1. The molecule has 0 spiro atoms. The molecule has 1 aliphatic rings. The van der Waals surface area contributed by atoms with E-state index >= 15 is 0 Å². The summed E-state index contributed by atoms with van der Waals surface area (Å²) in [6, 6.07) is 8.17. The zero-order valence-electron chi connectivity index (χ0n) is 15.1. The van der Waals surface area contributed by atoms with E-state index < -0.39 is 21.7 Å². The fraction of sp³-hybridized carbons (Fsp3) is 0.562. The van der Waals surface area contributed by atoms with Crippen molar-refractivity contribution in [3.8, 4) is 0 Å². The Bertz CT molecular complexity index is 665. The largest absolute Gasteiger partial charge is 0.369 e. The topological polar surface area (TPSA) is 81.7 Å². The van der Waals surface area contributed by atoms with E-state index in [0.717, 1.165) is 5.69 Å². The number of carbonyl (C=O) groups excluding carboxylic acids is 1. The summed E-state index contributed by atoms with van der Waals surface area (Å²) < 4.78 is 26.1. The van der Waals surface area contributed by atoms with Gasteiger partial charge in [-0.05, 0) is 31.7 Å². The highest BCUT2D eigenvalue weighted by molar-refractivity contribution is 7.89. The Labute approximate surface area is 168 Å². The Balaban J connectivity index is 0.00000312. The van der Waals surface area contributed by atoms with Crippen LogP contribution in [0.4, 0.5) is 5.69 Å². The van der Waals surface area contributed by atoms with Crippen molar-refractivity contribution in [2.24, 2.45) is 0 Å². The van der Waals surface area contributed by atoms with E-state index in [-0.39, 0.29) is 24.8 Å². The van der Waals surface area contributed by atoms with Gasteiger partial charge in [-0.15, -0.1) is 24.8 Å². The molecule has 0 aliphatic carbocycles. The number of anilines is 1. The molecule has 0 radical (unpaired) electrons. The van der Waals surface area contributed by atoms with Gasteiger partial charge in [0.1, 0.15) is 5.75 Å². The van der Waals surface area contributed by atoms with Crippen LogP contribution in [0.2, 0.25) is 0 Å². The van der Waals surface area contributed by atoms with Gasteiger partial charge >= 0.3 is 0 Å². The molecular weight excluding hydrogens is 399 g/mol. The smallest absolute Gasteiger partial charge is 0.236 e. The fourth-order valence-corrected chi connectivity index (χ4v) is 4.02. The van der Waals surface area contributed by atoms with E-state index in [0.29, 0.717) is 39.3 Å². The highest BCUT2D eigenvalue weighted by Gasteiger charge is 2.28. The van der Waals surface area contributed by atoms with E-state index in [1.54, 1.807) is 7.05 Å². The van der Waals surface area contributed by atoms with Crippen LogP contribution in [0.1, 0.15) is 5.56 Å². The molecule has 10 heteroatoms. The molecule has 0 aromatic heterocycles. The van der Waals surface area contributed by atoms with Crippen LogP contribution in [0.15, 0.2) is 24.3 Å². The molecule has 1 aromatic carbocycles. The second kappa shape index (κ2) is 11.6. The van der Waals surface area contributed by atoms with Gasteiger partial charge in [-0.2, -0.15) is 4.31 Å². The van der Waals surface area contributed by atoms with Gasteiger partial charge in [0, 0.05) is 45.0 Å². The van der Waals surface area contributed by atoms with E-state index in [1.165, 1.54) is 9.87 Å². The van der Waals surface area contributed by atoms with Crippen LogP contribution in [0.5, 0.6) is 0 Å². The van der Waals surface area contributed by atoms with Crippen LogP contribution >= 0.6 is 24.8 Å². The number of aryl methyl sites for hydroxylation is 1. The third kappa shape index (κ3) is 7.28. The summed E-state index contributed by atoms with van der Waals surface area (Å²) >= 11 is 0. The molecule has 1 aliphatic heterocycles. The SMILES string of the molecule is CNCCNC(=O)CS(=O)(=O)N1CCN(c2cccc(C)c2)CC1.Cl.Cl. The summed E-state index contributed by atoms with van der Waals surface area (Å²) in [5.41, 5.74) is 2.29. The van der Waals surface area contributed by atoms with Gasteiger partial charge in [0.05, 0.1) is 0 Å². The molecule has 2 N–H and O–H groups in total. The van der Waals surface area contributed by atoms with Crippen LogP contribution < -0.4 is 15.5 Å². The lowest BCUT2D eigenvalue weighted by atomic mass is 10.2. The van der Waals surface area contributed by atoms with Crippen molar-refractivity contribution in [2.45, 2.75) is 6.92 Å². The van der Waals surface area contributed by atoms with Crippen molar-refractivity contribution < 1.29 is 13.2 Å². The van der Waals surface area contributed by atoms with Crippen LogP contribution in [-0.4, -0.2) is 70.7 Å². The molecule has 1 saturated heterocycles. The Morgan fingerprint density at radius 2 is 1.77 bits per heavy atom. The lowest BCUT2D eigenvalue weighted by Crippen LogP contribution is -2.50. The maximum atomic E-state index is 12.4. The molecule has 0 saturated carbocycles. The number of hydrogen-bond acceptors (Lipinski definition) is 5. The number of likely N-dealkylation sites (N-methyl/N-ethyl adjacent to an activating group) is 1. The number of halogens is 2. The normalized spacial score (nSPS) is 14.9. The van der Waals surface area contributed by atoms with Crippen molar-refractivity contribution in [3.63, 3.8) is 0 Å². The third-order valence-electron chi connectivity index (χ3n) is 4.01. The van der Waals surface area contributed by atoms with Gasteiger partial charge in [-0.25, -0.2) is 8.42 Å². The number of hydrogen-bond donors (Lipinski definition) is 2. The minimum Gasteiger partial charge on any atom is -0.369 e. The van der Waals surface area contributed by atoms with Crippen LogP contribution in [-0.2, 0) is 14.8 Å². The number of piperazine rings is 1. The Hall–Kier alpha value is -1.06. The summed E-state index contributed by atoms with van der Waals surface area (Å²) in [4.78, 5) is 13.9. The van der Waals surface area contributed by atoms with Gasteiger partial charge in [0.25, 0.3) is 0 Å². The van der Waals surface area contributed by atoms with Crippen LogP contribution in [0.3, 0.4) is 0 Å². The standard InChI is InChI=1S/C16H26N4O3S.2ClH/c1-14-4-3-5-15(12-14)19-8-10-20(11-9-19)24(22,23)13-16(21)18-7-6-17-2;;/h3-5,12,17H,6-11,13H2,1-2H3,(H,18,21);2*1H. The van der Waals surface area contributed by atoms with E-state index in [4.69, 9.17) is 0 Å². The van der Waals surface area contributed by atoms with Gasteiger partial charge in [-0.1, -0.05) is 12.1 Å². The van der Waals surface area contributed by atoms with Crippen molar-refractivity contribution in [1.82, 2.24) is 14.9 Å². The zero-order chi connectivity index (χ0) is 17.6. The van der Waals surface area contributed by atoms with E-state index in [1.807, 2.05) is 25.1 Å². The lowest BCUT2D eigenvalue weighted by Gasteiger charge is -2.35. The third-order valence-corrected chi connectivity index (χ3v) is 5.79. The molecular formula is C16H28Cl2N4O3S. The summed E-state index contributed by atoms with van der Waals surface area (Å²) in [5, 5.41) is 5.50. The summed E-state index contributed by atoms with van der Waals surface area (Å²) in [7, 11) is -1.78. The first-order valence-electron chi connectivity index (χ1n) is 8.13. The predicted molar refractivity (Wildman–Crippen MR) is 110 cm³/mol. The summed E-state index contributed by atoms with van der Waals surface area (Å²) in [5.74, 6) is -0.937. The van der Waals surface area contributed by atoms with Gasteiger partial charge in [0.15, 0.2) is 0 Å². The minimum atomic E-state index is -3.56. The molecule has 1 fully saturated rings.